The third-order valence-corrected chi connectivity index (χ3v) is 3.70. The third-order valence-electron chi connectivity index (χ3n) is 3.70. The zero-order chi connectivity index (χ0) is 12.6. The Hall–Kier alpha value is -1.70. The molecule has 2 heteroatoms. The van der Waals surface area contributed by atoms with Gasteiger partial charge in [0.2, 0.25) is 0 Å². The van der Waals surface area contributed by atoms with Gasteiger partial charge in [0.1, 0.15) is 0 Å². The number of halogens is 2. The van der Waals surface area contributed by atoms with E-state index in [1.165, 1.54) is 0 Å². The molecule has 0 N–H and O–H groups in total. The standard InChI is InChI=1S/C16H14F2/c17-16(18)11-10-15(16)14-8-6-13(7-9-14)12-4-2-1-3-5-12/h1-9,15H,10-11H2. The number of rotatable bonds is 2. The largest absolute Gasteiger partial charge is 0.254 e. The van der Waals surface area contributed by atoms with Crippen molar-refractivity contribution >= 4 is 0 Å². The summed E-state index contributed by atoms with van der Waals surface area (Å²) >= 11 is 0. The fraction of sp³-hybridized carbons (Fsp3) is 0.250. The first-order chi connectivity index (χ1) is 8.67. The third kappa shape index (κ3) is 1.92. The number of alkyl halides is 2. The van der Waals surface area contributed by atoms with Crippen LogP contribution in [0.15, 0.2) is 54.6 Å². The van der Waals surface area contributed by atoms with E-state index < -0.39 is 11.8 Å². The van der Waals surface area contributed by atoms with Crippen LogP contribution in [0.25, 0.3) is 11.1 Å². The van der Waals surface area contributed by atoms with E-state index in [0.717, 1.165) is 16.7 Å². The molecule has 0 aromatic heterocycles. The average molecular weight is 244 g/mol. The van der Waals surface area contributed by atoms with Crippen molar-refractivity contribution in [3.63, 3.8) is 0 Å². The van der Waals surface area contributed by atoms with Gasteiger partial charge in [0.25, 0.3) is 5.92 Å². The van der Waals surface area contributed by atoms with E-state index in [1.54, 1.807) is 0 Å². The molecule has 3 rings (SSSR count). The summed E-state index contributed by atoms with van der Waals surface area (Å²) in [6.45, 7) is 0. The second-order valence-corrected chi connectivity index (χ2v) is 4.84. The van der Waals surface area contributed by atoms with Gasteiger partial charge in [-0.2, -0.15) is 0 Å². The summed E-state index contributed by atoms with van der Waals surface area (Å²) in [6.07, 6.45) is 0.621. The monoisotopic (exact) mass is 244 g/mol. The van der Waals surface area contributed by atoms with E-state index in [0.29, 0.717) is 6.42 Å². The summed E-state index contributed by atoms with van der Waals surface area (Å²) in [4.78, 5) is 0. The van der Waals surface area contributed by atoms with Crippen molar-refractivity contribution in [2.45, 2.75) is 24.7 Å². The van der Waals surface area contributed by atoms with Crippen LogP contribution in [0.1, 0.15) is 24.3 Å². The minimum absolute atomic E-state index is 0.0259. The Morgan fingerprint density at radius 1 is 0.833 bits per heavy atom. The Balaban J connectivity index is 1.86. The molecule has 1 fully saturated rings. The van der Waals surface area contributed by atoms with Crippen LogP contribution in [-0.4, -0.2) is 5.92 Å². The van der Waals surface area contributed by atoms with Crippen molar-refractivity contribution in [2.24, 2.45) is 0 Å². The zero-order valence-electron chi connectivity index (χ0n) is 9.94. The average Bonchev–Trinajstić information content (AvgIpc) is 2.39. The van der Waals surface area contributed by atoms with Crippen LogP contribution in [0.2, 0.25) is 0 Å². The molecule has 0 heterocycles. The molecule has 0 spiro atoms. The van der Waals surface area contributed by atoms with Gasteiger partial charge in [-0.25, -0.2) is 8.78 Å². The minimum Gasteiger partial charge on any atom is -0.206 e. The molecule has 1 atom stereocenters. The Kier molecular flexibility index (Phi) is 2.66. The van der Waals surface area contributed by atoms with Crippen molar-refractivity contribution in [1.82, 2.24) is 0 Å². The van der Waals surface area contributed by atoms with Crippen LogP contribution in [0, 0.1) is 0 Å². The van der Waals surface area contributed by atoms with Crippen molar-refractivity contribution in [1.29, 1.82) is 0 Å². The fourth-order valence-electron chi connectivity index (χ4n) is 2.46. The Morgan fingerprint density at radius 2 is 1.44 bits per heavy atom. The highest BCUT2D eigenvalue weighted by Crippen LogP contribution is 2.49. The predicted octanol–water partition coefficient (Wildman–Crippen LogP) is 4.87. The summed E-state index contributed by atoms with van der Waals surface area (Å²) in [6, 6.07) is 17.5. The highest BCUT2D eigenvalue weighted by atomic mass is 19.3. The second kappa shape index (κ2) is 4.20. The molecular formula is C16H14F2. The molecule has 1 aliphatic carbocycles. The minimum atomic E-state index is -2.51. The number of hydrogen-bond acceptors (Lipinski definition) is 0. The van der Waals surface area contributed by atoms with Gasteiger partial charge in [-0.1, -0.05) is 54.6 Å². The quantitative estimate of drug-likeness (QED) is 0.707. The van der Waals surface area contributed by atoms with Gasteiger partial charge in [-0.3, -0.25) is 0 Å². The van der Waals surface area contributed by atoms with Gasteiger partial charge < -0.3 is 0 Å². The van der Waals surface area contributed by atoms with Gasteiger partial charge in [-0.05, 0) is 23.1 Å². The maximum Gasteiger partial charge on any atom is 0.254 e. The molecule has 0 amide bonds. The number of hydrogen-bond donors (Lipinski definition) is 0. The maximum absolute atomic E-state index is 13.3. The van der Waals surface area contributed by atoms with Gasteiger partial charge in [0, 0.05) is 12.3 Å². The lowest BCUT2D eigenvalue weighted by molar-refractivity contribution is -0.0962. The highest BCUT2D eigenvalue weighted by Gasteiger charge is 2.48. The van der Waals surface area contributed by atoms with Crippen LogP contribution < -0.4 is 0 Å². The van der Waals surface area contributed by atoms with Crippen molar-refractivity contribution < 1.29 is 8.78 Å². The molecule has 0 aliphatic heterocycles. The normalized spacial score (nSPS) is 21.3. The lowest BCUT2D eigenvalue weighted by atomic mass is 9.76. The van der Waals surface area contributed by atoms with E-state index in [1.807, 2.05) is 54.6 Å². The molecule has 1 unspecified atom stereocenters. The summed E-state index contributed by atoms with van der Waals surface area (Å²) in [5.41, 5.74) is 2.94. The highest BCUT2D eigenvalue weighted by molar-refractivity contribution is 5.63. The van der Waals surface area contributed by atoms with Crippen LogP contribution in [0.3, 0.4) is 0 Å². The molecule has 18 heavy (non-hydrogen) atoms. The first-order valence-corrected chi connectivity index (χ1v) is 6.20. The van der Waals surface area contributed by atoms with E-state index in [2.05, 4.69) is 0 Å². The first-order valence-electron chi connectivity index (χ1n) is 6.20. The van der Waals surface area contributed by atoms with Crippen LogP contribution in [0.4, 0.5) is 8.78 Å². The number of benzene rings is 2. The molecule has 1 saturated carbocycles. The first kappa shape index (κ1) is 11.4. The lowest BCUT2D eigenvalue weighted by Crippen LogP contribution is -2.36. The molecule has 0 radical (unpaired) electrons. The summed E-state index contributed by atoms with van der Waals surface area (Å²) in [5, 5.41) is 0. The molecular weight excluding hydrogens is 230 g/mol. The van der Waals surface area contributed by atoms with Crippen molar-refractivity contribution in [3.8, 4) is 11.1 Å². The molecule has 92 valence electrons. The summed E-state index contributed by atoms with van der Waals surface area (Å²) in [5.74, 6) is -3.09. The molecule has 0 nitrogen and oxygen atoms in total. The topological polar surface area (TPSA) is 0 Å². The van der Waals surface area contributed by atoms with Crippen LogP contribution >= 0.6 is 0 Å². The van der Waals surface area contributed by atoms with E-state index in [9.17, 15) is 8.78 Å². The van der Waals surface area contributed by atoms with Crippen molar-refractivity contribution in [3.05, 3.63) is 60.2 Å². The predicted molar refractivity (Wildman–Crippen MR) is 68.8 cm³/mol. The van der Waals surface area contributed by atoms with Gasteiger partial charge >= 0.3 is 0 Å². The van der Waals surface area contributed by atoms with Gasteiger partial charge in [0.05, 0.1) is 0 Å². The van der Waals surface area contributed by atoms with Gasteiger partial charge in [-0.15, -0.1) is 0 Å². The van der Waals surface area contributed by atoms with E-state index in [4.69, 9.17) is 0 Å². The molecule has 2 aromatic rings. The van der Waals surface area contributed by atoms with Gasteiger partial charge in [0.15, 0.2) is 0 Å². The van der Waals surface area contributed by atoms with Crippen LogP contribution in [0.5, 0.6) is 0 Å². The maximum atomic E-state index is 13.3. The summed E-state index contributed by atoms with van der Waals surface area (Å²) in [7, 11) is 0. The lowest BCUT2D eigenvalue weighted by Gasteiger charge is -2.36. The van der Waals surface area contributed by atoms with E-state index >= 15 is 0 Å². The summed E-state index contributed by atoms with van der Waals surface area (Å²) < 4.78 is 26.6. The Bertz CT molecular complexity index is 529. The zero-order valence-corrected chi connectivity index (χ0v) is 9.94. The molecule has 0 bridgehead atoms. The Labute approximate surface area is 105 Å². The van der Waals surface area contributed by atoms with Crippen molar-refractivity contribution in [2.75, 3.05) is 0 Å². The fourth-order valence-corrected chi connectivity index (χ4v) is 2.46. The molecule has 0 saturated heterocycles. The molecule has 2 aromatic carbocycles. The van der Waals surface area contributed by atoms with Crippen LogP contribution in [-0.2, 0) is 0 Å². The van der Waals surface area contributed by atoms with E-state index in [-0.39, 0.29) is 6.42 Å². The Morgan fingerprint density at radius 3 is 1.94 bits per heavy atom. The second-order valence-electron chi connectivity index (χ2n) is 4.84. The molecule has 1 aliphatic rings. The smallest absolute Gasteiger partial charge is 0.206 e. The SMILES string of the molecule is FC1(F)CCC1c1ccc(-c2ccccc2)cc1.